The Hall–Kier alpha value is -2.51. The van der Waals surface area contributed by atoms with E-state index in [-0.39, 0.29) is 6.10 Å². The Morgan fingerprint density at radius 1 is 1.14 bits per heavy atom. The highest BCUT2D eigenvalue weighted by Crippen LogP contribution is 2.38. The van der Waals surface area contributed by atoms with Gasteiger partial charge < -0.3 is 14.3 Å². The minimum absolute atomic E-state index is 0.187. The molecule has 1 N–H and O–H groups in total. The number of fused-ring (bicyclic) bond motifs is 2. The first-order valence-corrected chi connectivity index (χ1v) is 10.3. The monoisotopic (exact) mass is 394 g/mol. The summed E-state index contributed by atoms with van der Waals surface area (Å²) in [4.78, 5) is 15.6. The maximum absolute atomic E-state index is 10.7. The minimum Gasteiger partial charge on any atom is -0.486 e. The molecule has 0 bridgehead atoms. The van der Waals surface area contributed by atoms with E-state index in [1.54, 1.807) is 6.20 Å². The summed E-state index contributed by atoms with van der Waals surface area (Å²) in [7, 11) is 0. The predicted molar refractivity (Wildman–Crippen MR) is 107 cm³/mol. The molecule has 0 unspecified atom stereocenters. The maximum Gasteiger partial charge on any atom is 0.211 e. The summed E-state index contributed by atoms with van der Waals surface area (Å²) in [6.45, 7) is 6.51. The van der Waals surface area contributed by atoms with Crippen LogP contribution in [0, 0.1) is 25.7 Å². The first-order chi connectivity index (χ1) is 14.0. The molecule has 0 aromatic carbocycles. The van der Waals surface area contributed by atoms with Crippen LogP contribution in [0.3, 0.4) is 0 Å². The second-order valence-corrected chi connectivity index (χ2v) is 8.38. The van der Waals surface area contributed by atoms with Crippen LogP contribution >= 0.6 is 0 Å². The van der Waals surface area contributed by atoms with Crippen molar-refractivity contribution < 1.29 is 14.3 Å². The normalized spacial score (nSPS) is 27.3. The number of likely N-dealkylation sites (tertiary alicyclic amines) is 1. The van der Waals surface area contributed by atoms with E-state index in [9.17, 15) is 5.11 Å². The molecule has 152 valence electrons. The first-order valence-electron chi connectivity index (χ1n) is 10.3. The molecule has 1 saturated heterocycles. The second kappa shape index (κ2) is 7.39. The number of oxazole rings is 1. The Morgan fingerprint density at radius 3 is 2.76 bits per heavy atom. The van der Waals surface area contributed by atoms with Crippen molar-refractivity contribution in [2.45, 2.75) is 45.4 Å². The van der Waals surface area contributed by atoms with Crippen LogP contribution in [0.1, 0.15) is 30.1 Å². The number of pyridine rings is 2. The van der Waals surface area contributed by atoms with Gasteiger partial charge in [-0.2, -0.15) is 4.98 Å². The van der Waals surface area contributed by atoms with Crippen molar-refractivity contribution in [2.75, 3.05) is 13.1 Å². The molecule has 4 heterocycles. The van der Waals surface area contributed by atoms with Gasteiger partial charge in [0.05, 0.1) is 18.3 Å². The van der Waals surface area contributed by atoms with Crippen LogP contribution < -0.4 is 4.74 Å². The summed E-state index contributed by atoms with van der Waals surface area (Å²) in [6, 6.07) is 7.66. The third-order valence-electron chi connectivity index (χ3n) is 6.18. The largest absolute Gasteiger partial charge is 0.486 e. The van der Waals surface area contributed by atoms with Gasteiger partial charge in [0.2, 0.25) is 5.89 Å². The highest BCUT2D eigenvalue weighted by atomic mass is 16.5. The van der Waals surface area contributed by atoms with Crippen molar-refractivity contribution in [2.24, 2.45) is 11.8 Å². The molecule has 3 aromatic rings. The topological polar surface area (TPSA) is 84.5 Å². The molecular weight excluding hydrogens is 368 g/mol. The Balaban J connectivity index is 1.24. The van der Waals surface area contributed by atoms with Crippen LogP contribution in [0.25, 0.3) is 11.2 Å². The van der Waals surface area contributed by atoms with E-state index in [0.29, 0.717) is 29.9 Å². The second-order valence-electron chi connectivity index (χ2n) is 8.38. The van der Waals surface area contributed by atoms with E-state index < -0.39 is 6.10 Å². The highest BCUT2D eigenvalue weighted by molar-refractivity contribution is 5.66. The van der Waals surface area contributed by atoms with Crippen molar-refractivity contribution >= 4 is 11.2 Å². The van der Waals surface area contributed by atoms with Gasteiger partial charge in [-0.3, -0.25) is 9.88 Å². The summed E-state index contributed by atoms with van der Waals surface area (Å²) in [5.74, 6) is 2.45. The average molecular weight is 394 g/mol. The zero-order chi connectivity index (χ0) is 20.0. The van der Waals surface area contributed by atoms with Gasteiger partial charge in [0.15, 0.2) is 11.2 Å². The number of rotatable bonds is 4. The predicted octanol–water partition coefficient (Wildman–Crippen LogP) is 2.88. The summed E-state index contributed by atoms with van der Waals surface area (Å²) in [5, 5.41) is 10.7. The Labute approximate surface area is 169 Å². The molecule has 0 amide bonds. The van der Waals surface area contributed by atoms with E-state index in [0.717, 1.165) is 48.7 Å². The fraction of sp³-hybridized carbons (Fsp3) is 0.500. The Kier molecular flexibility index (Phi) is 4.72. The molecule has 0 radical (unpaired) electrons. The highest BCUT2D eigenvalue weighted by Gasteiger charge is 2.43. The third kappa shape index (κ3) is 3.72. The third-order valence-corrected chi connectivity index (χ3v) is 6.18. The molecule has 4 atom stereocenters. The maximum atomic E-state index is 10.7. The SMILES string of the molecule is Cc1ccc(O[C@@H]2C[C@@H]3CN(Cc4nc5ncccc5o4)C[C@@H]3C[C@H]2O)c(C)n1. The molecule has 1 aliphatic heterocycles. The average Bonchev–Trinajstić information content (AvgIpc) is 3.26. The van der Waals surface area contributed by atoms with Crippen molar-refractivity contribution in [1.82, 2.24) is 19.9 Å². The Bertz CT molecular complexity index is 987. The first kappa shape index (κ1) is 18.5. The Morgan fingerprint density at radius 2 is 1.97 bits per heavy atom. The summed E-state index contributed by atoms with van der Waals surface area (Å²) < 4.78 is 12.0. The van der Waals surface area contributed by atoms with Gasteiger partial charge in [-0.15, -0.1) is 0 Å². The number of aliphatic hydroxyl groups excluding tert-OH is 1. The van der Waals surface area contributed by atoms with E-state index in [1.165, 1.54) is 0 Å². The molecule has 7 nitrogen and oxygen atoms in total. The molecule has 0 spiro atoms. The van der Waals surface area contributed by atoms with Gasteiger partial charge in [0.1, 0.15) is 11.9 Å². The number of ether oxygens (including phenoxy) is 1. The minimum atomic E-state index is -0.453. The smallest absolute Gasteiger partial charge is 0.211 e. The molecule has 2 aliphatic rings. The molecule has 1 aliphatic carbocycles. The zero-order valence-electron chi connectivity index (χ0n) is 16.8. The lowest BCUT2D eigenvalue weighted by molar-refractivity contribution is -0.0236. The number of aryl methyl sites for hydroxylation is 2. The molecule has 3 aromatic heterocycles. The number of aromatic nitrogens is 3. The summed E-state index contributed by atoms with van der Waals surface area (Å²) in [6.07, 6.45) is 2.70. The quantitative estimate of drug-likeness (QED) is 0.728. The van der Waals surface area contributed by atoms with Gasteiger partial charge in [-0.1, -0.05) is 0 Å². The van der Waals surface area contributed by atoms with E-state index in [4.69, 9.17) is 9.15 Å². The van der Waals surface area contributed by atoms with E-state index in [1.807, 2.05) is 38.1 Å². The number of hydrogen-bond acceptors (Lipinski definition) is 7. The zero-order valence-corrected chi connectivity index (χ0v) is 16.8. The van der Waals surface area contributed by atoms with Crippen LogP contribution in [-0.4, -0.2) is 50.3 Å². The lowest BCUT2D eigenvalue weighted by atomic mass is 9.78. The van der Waals surface area contributed by atoms with Crippen LogP contribution in [0.4, 0.5) is 0 Å². The molecule has 7 heteroatoms. The van der Waals surface area contributed by atoms with Crippen molar-refractivity contribution in [3.05, 3.63) is 47.7 Å². The number of nitrogens with zero attached hydrogens (tertiary/aromatic N) is 4. The molecule has 5 rings (SSSR count). The molecule has 29 heavy (non-hydrogen) atoms. The van der Waals surface area contributed by atoms with Gasteiger partial charge in [-0.05, 0) is 62.8 Å². The van der Waals surface area contributed by atoms with Gasteiger partial charge in [-0.25, -0.2) is 4.98 Å². The van der Waals surface area contributed by atoms with Crippen LogP contribution in [0.5, 0.6) is 5.75 Å². The summed E-state index contributed by atoms with van der Waals surface area (Å²) in [5.41, 5.74) is 3.23. The summed E-state index contributed by atoms with van der Waals surface area (Å²) >= 11 is 0. The molecule has 1 saturated carbocycles. The van der Waals surface area contributed by atoms with Gasteiger partial charge in [0.25, 0.3) is 0 Å². The fourth-order valence-electron chi connectivity index (χ4n) is 4.78. The van der Waals surface area contributed by atoms with E-state index in [2.05, 4.69) is 19.9 Å². The van der Waals surface area contributed by atoms with Gasteiger partial charge >= 0.3 is 0 Å². The van der Waals surface area contributed by atoms with Crippen molar-refractivity contribution in [3.8, 4) is 5.75 Å². The van der Waals surface area contributed by atoms with Crippen molar-refractivity contribution in [3.63, 3.8) is 0 Å². The van der Waals surface area contributed by atoms with Crippen LogP contribution in [0.2, 0.25) is 0 Å². The number of aliphatic hydroxyl groups is 1. The lowest BCUT2D eigenvalue weighted by Gasteiger charge is -2.35. The fourth-order valence-corrected chi connectivity index (χ4v) is 4.78. The van der Waals surface area contributed by atoms with Crippen LogP contribution in [0.15, 0.2) is 34.9 Å². The van der Waals surface area contributed by atoms with E-state index >= 15 is 0 Å². The van der Waals surface area contributed by atoms with Crippen molar-refractivity contribution in [1.29, 1.82) is 0 Å². The number of hydrogen-bond donors (Lipinski definition) is 1. The van der Waals surface area contributed by atoms with Crippen LogP contribution in [-0.2, 0) is 6.54 Å². The lowest BCUT2D eigenvalue weighted by Crippen LogP contribution is -2.42. The standard InChI is InChI=1S/C22H26N4O3/c1-13-5-6-18(14(2)24-13)28-20-9-16-11-26(10-15(16)8-17(20)27)12-21-25-22-19(29-21)4-3-7-23-22/h3-7,15-17,20,27H,8-12H2,1-2H3/t15-,16+,17+,20+/m0/s1. The van der Waals surface area contributed by atoms with Gasteiger partial charge in [0, 0.05) is 25.0 Å². The molecule has 2 fully saturated rings. The molecular formula is C22H26N4O3.